The number of hydrogen-bond donors (Lipinski definition) is 0. The Morgan fingerprint density at radius 2 is 0.581 bits per heavy atom. The summed E-state index contributed by atoms with van der Waals surface area (Å²) in [7, 11) is 0. The first-order chi connectivity index (χ1) is 30.5. The maximum Gasteiger partial charge on any atom is 0.306 e. The third-order valence-electron chi connectivity index (χ3n) is 11.9. The highest BCUT2D eigenvalue weighted by molar-refractivity contribution is 5.71. The van der Waals surface area contributed by atoms with Crippen LogP contribution in [0, 0.1) is 0 Å². The summed E-state index contributed by atoms with van der Waals surface area (Å²) in [5.74, 6) is -0.877. The molecule has 1 atom stereocenters. The van der Waals surface area contributed by atoms with Gasteiger partial charge in [0, 0.05) is 19.3 Å². The van der Waals surface area contributed by atoms with Crippen LogP contribution in [0.5, 0.6) is 0 Å². The van der Waals surface area contributed by atoms with E-state index in [1.54, 1.807) is 0 Å². The lowest BCUT2D eigenvalue weighted by atomic mass is 10.1. The Bertz CT molecular complexity index is 1050. The van der Waals surface area contributed by atoms with Gasteiger partial charge >= 0.3 is 17.9 Å². The van der Waals surface area contributed by atoms with E-state index in [2.05, 4.69) is 57.2 Å². The van der Waals surface area contributed by atoms with E-state index in [0.717, 1.165) is 70.6 Å². The van der Waals surface area contributed by atoms with Gasteiger partial charge in [0.1, 0.15) is 13.2 Å². The van der Waals surface area contributed by atoms with E-state index in [-0.39, 0.29) is 31.1 Å². The molecule has 0 saturated carbocycles. The quantitative estimate of drug-likeness (QED) is 0.0262. The fraction of sp³-hybridized carbons (Fsp3) is 0.839. The van der Waals surface area contributed by atoms with Crippen molar-refractivity contribution in [3.05, 3.63) is 36.5 Å². The SMILES string of the molecule is CCCCC/C=C\C/C=C\CCCCCCCCCCCC(=O)OC[C@@H](COC(=O)CCCCCCCCCCCC)OC(=O)CCCCCCC/C=C\CCCCCCCC. The first kappa shape index (κ1) is 59.6. The number of allylic oxidation sites excluding steroid dienone is 6. The number of carbonyl (C=O) groups excluding carboxylic acids is 3. The normalized spacial score (nSPS) is 12.2. The molecule has 0 aliphatic rings. The summed E-state index contributed by atoms with van der Waals surface area (Å²) in [6.07, 6.45) is 59.8. The second-order valence-corrected chi connectivity index (χ2v) is 18.1. The first-order valence-corrected chi connectivity index (χ1v) is 27.0. The van der Waals surface area contributed by atoms with Gasteiger partial charge < -0.3 is 14.2 Å². The number of ether oxygens (including phenoxy) is 3. The minimum Gasteiger partial charge on any atom is -0.462 e. The lowest BCUT2D eigenvalue weighted by molar-refractivity contribution is -0.167. The van der Waals surface area contributed by atoms with Crippen LogP contribution in [0.2, 0.25) is 0 Å². The lowest BCUT2D eigenvalue weighted by Gasteiger charge is -2.18. The maximum absolute atomic E-state index is 12.8. The molecule has 362 valence electrons. The van der Waals surface area contributed by atoms with Crippen molar-refractivity contribution in [2.75, 3.05) is 13.2 Å². The summed E-state index contributed by atoms with van der Waals surface area (Å²) in [5.41, 5.74) is 0. The molecular formula is C56H102O6. The van der Waals surface area contributed by atoms with Crippen molar-refractivity contribution in [2.45, 2.75) is 290 Å². The molecule has 0 saturated heterocycles. The Hall–Kier alpha value is -2.37. The fourth-order valence-corrected chi connectivity index (χ4v) is 7.76. The zero-order valence-electron chi connectivity index (χ0n) is 41.4. The van der Waals surface area contributed by atoms with Crippen molar-refractivity contribution in [3.8, 4) is 0 Å². The molecule has 0 aromatic rings. The minimum absolute atomic E-state index is 0.0739. The topological polar surface area (TPSA) is 78.9 Å². The van der Waals surface area contributed by atoms with Crippen LogP contribution in [0.25, 0.3) is 0 Å². The molecule has 6 heteroatoms. The van der Waals surface area contributed by atoms with Gasteiger partial charge in [-0.2, -0.15) is 0 Å². The molecule has 0 aliphatic heterocycles. The minimum atomic E-state index is -0.774. The van der Waals surface area contributed by atoms with Crippen LogP contribution in [0.15, 0.2) is 36.5 Å². The third-order valence-corrected chi connectivity index (χ3v) is 11.9. The zero-order chi connectivity index (χ0) is 45.1. The molecule has 0 aliphatic carbocycles. The van der Waals surface area contributed by atoms with Gasteiger partial charge in [0.2, 0.25) is 0 Å². The summed E-state index contributed by atoms with van der Waals surface area (Å²) in [5, 5.41) is 0. The largest absolute Gasteiger partial charge is 0.462 e. The summed E-state index contributed by atoms with van der Waals surface area (Å²) in [6, 6.07) is 0. The van der Waals surface area contributed by atoms with Gasteiger partial charge in [-0.15, -0.1) is 0 Å². The molecule has 0 radical (unpaired) electrons. The van der Waals surface area contributed by atoms with Gasteiger partial charge in [0.15, 0.2) is 6.10 Å². The van der Waals surface area contributed by atoms with Crippen LogP contribution in [0.4, 0.5) is 0 Å². The number of esters is 3. The van der Waals surface area contributed by atoms with Gasteiger partial charge in [-0.1, -0.05) is 224 Å². The fourth-order valence-electron chi connectivity index (χ4n) is 7.76. The Labute approximate surface area is 385 Å². The Kier molecular flexibility index (Phi) is 49.3. The van der Waals surface area contributed by atoms with Crippen LogP contribution < -0.4 is 0 Å². The average molecular weight is 871 g/mol. The van der Waals surface area contributed by atoms with E-state index in [1.807, 2.05) is 0 Å². The summed E-state index contributed by atoms with van der Waals surface area (Å²) < 4.78 is 16.8. The number of rotatable bonds is 49. The molecule has 62 heavy (non-hydrogen) atoms. The number of unbranched alkanes of at least 4 members (excludes halogenated alkanes) is 32. The van der Waals surface area contributed by atoms with Crippen molar-refractivity contribution in [3.63, 3.8) is 0 Å². The van der Waals surface area contributed by atoms with Crippen LogP contribution in [0.3, 0.4) is 0 Å². The molecule has 0 aromatic carbocycles. The molecule has 0 aromatic heterocycles. The first-order valence-electron chi connectivity index (χ1n) is 27.0. The van der Waals surface area contributed by atoms with Crippen molar-refractivity contribution < 1.29 is 28.6 Å². The lowest BCUT2D eigenvalue weighted by Crippen LogP contribution is -2.30. The molecule has 0 fully saturated rings. The highest BCUT2D eigenvalue weighted by atomic mass is 16.6. The molecule has 0 heterocycles. The molecule has 0 N–H and O–H groups in total. The zero-order valence-corrected chi connectivity index (χ0v) is 41.4. The predicted molar refractivity (Wildman–Crippen MR) is 266 cm³/mol. The van der Waals surface area contributed by atoms with Crippen molar-refractivity contribution in [1.82, 2.24) is 0 Å². The molecule has 0 spiro atoms. The molecular weight excluding hydrogens is 769 g/mol. The van der Waals surface area contributed by atoms with Crippen molar-refractivity contribution >= 4 is 17.9 Å². The number of hydrogen-bond acceptors (Lipinski definition) is 6. The molecule has 6 nitrogen and oxygen atoms in total. The molecule has 0 rings (SSSR count). The van der Waals surface area contributed by atoms with Crippen molar-refractivity contribution in [2.24, 2.45) is 0 Å². The summed E-state index contributed by atoms with van der Waals surface area (Å²) in [6.45, 7) is 6.61. The van der Waals surface area contributed by atoms with Gasteiger partial charge in [0.25, 0.3) is 0 Å². The average Bonchev–Trinajstić information content (AvgIpc) is 3.27. The summed E-state index contributed by atoms with van der Waals surface area (Å²) >= 11 is 0. The third kappa shape index (κ3) is 48.7. The Morgan fingerprint density at radius 3 is 0.935 bits per heavy atom. The van der Waals surface area contributed by atoms with E-state index in [0.29, 0.717) is 19.3 Å². The van der Waals surface area contributed by atoms with Gasteiger partial charge in [-0.05, 0) is 77.0 Å². The van der Waals surface area contributed by atoms with E-state index in [4.69, 9.17) is 14.2 Å². The standard InChI is InChI=1S/C56H102O6/c1-4-7-10-13-16-19-22-24-26-27-28-29-31-32-34-37-40-43-46-49-55(58)61-52-53(51-60-54(57)48-45-42-39-36-21-18-15-12-9-6-3)62-56(59)50-47-44-41-38-35-33-30-25-23-20-17-14-11-8-5-2/h16,19,24-26,30,53H,4-15,17-18,20-23,27-29,31-52H2,1-3H3/b19-16-,26-24-,30-25-/t53-/m1/s1. The highest BCUT2D eigenvalue weighted by Gasteiger charge is 2.19. The van der Waals surface area contributed by atoms with Crippen molar-refractivity contribution in [1.29, 1.82) is 0 Å². The smallest absolute Gasteiger partial charge is 0.306 e. The monoisotopic (exact) mass is 871 g/mol. The molecule has 0 amide bonds. The number of carbonyl (C=O) groups is 3. The van der Waals surface area contributed by atoms with Crippen LogP contribution in [-0.4, -0.2) is 37.2 Å². The molecule has 0 unspecified atom stereocenters. The van der Waals surface area contributed by atoms with E-state index in [1.165, 1.54) is 173 Å². The van der Waals surface area contributed by atoms with Gasteiger partial charge in [0.05, 0.1) is 0 Å². The Balaban J connectivity index is 4.31. The van der Waals surface area contributed by atoms with E-state index < -0.39 is 6.10 Å². The Morgan fingerprint density at radius 1 is 0.323 bits per heavy atom. The highest BCUT2D eigenvalue weighted by Crippen LogP contribution is 2.15. The second-order valence-electron chi connectivity index (χ2n) is 18.1. The second kappa shape index (κ2) is 51.3. The van der Waals surface area contributed by atoms with E-state index >= 15 is 0 Å². The van der Waals surface area contributed by atoms with E-state index in [9.17, 15) is 14.4 Å². The van der Waals surface area contributed by atoms with Crippen LogP contribution in [0.1, 0.15) is 284 Å². The van der Waals surface area contributed by atoms with Gasteiger partial charge in [-0.25, -0.2) is 0 Å². The molecule has 0 bridgehead atoms. The predicted octanol–water partition coefficient (Wildman–Crippen LogP) is 17.7. The van der Waals surface area contributed by atoms with Crippen LogP contribution >= 0.6 is 0 Å². The summed E-state index contributed by atoms with van der Waals surface area (Å²) in [4.78, 5) is 38.0. The van der Waals surface area contributed by atoms with Crippen LogP contribution in [-0.2, 0) is 28.6 Å². The maximum atomic E-state index is 12.8. The van der Waals surface area contributed by atoms with Gasteiger partial charge in [-0.3, -0.25) is 14.4 Å².